The number of hydrogen-bond donors (Lipinski definition) is 4. The van der Waals surface area contributed by atoms with Crippen LogP contribution in [0.5, 0.6) is 0 Å². The van der Waals surface area contributed by atoms with Gasteiger partial charge < -0.3 is 35.5 Å². The van der Waals surface area contributed by atoms with Crippen LogP contribution in [0.25, 0.3) is 0 Å². The number of rotatable bonds is 11. The van der Waals surface area contributed by atoms with Crippen molar-refractivity contribution in [2.45, 2.75) is 38.5 Å². The second kappa shape index (κ2) is 13.5. The van der Waals surface area contributed by atoms with Gasteiger partial charge in [-0.1, -0.05) is 36.4 Å². The van der Waals surface area contributed by atoms with E-state index in [1.165, 1.54) is 0 Å². The fraction of sp³-hybridized carbons (Fsp3) is 0.424. The molecule has 6 rings (SSSR count). The number of benzene rings is 2. The molecule has 242 valence electrons. The minimum Gasteiger partial charge on any atom is -0.396 e. The number of aryl methyl sites for hydroxylation is 1. The topological polar surface area (TPSA) is 156 Å². The monoisotopic (exact) mass is 628 g/mol. The molecule has 1 aromatic heterocycles. The number of aliphatic hydroxyl groups excluding tert-OH is 1. The van der Waals surface area contributed by atoms with E-state index in [2.05, 4.69) is 20.9 Å². The van der Waals surface area contributed by atoms with Crippen LogP contribution in [0.15, 0.2) is 60.8 Å². The van der Waals surface area contributed by atoms with Gasteiger partial charge in [0.05, 0.1) is 31.0 Å². The Bertz CT molecular complexity index is 1620. The molecule has 3 aliphatic rings. The van der Waals surface area contributed by atoms with Gasteiger partial charge in [-0.3, -0.25) is 19.1 Å². The number of aromatic nitrogens is 3. The molecule has 0 saturated carbocycles. The summed E-state index contributed by atoms with van der Waals surface area (Å²) in [6, 6.07) is 13.0. The highest BCUT2D eigenvalue weighted by atomic mass is 16.3. The minimum atomic E-state index is -1.85. The number of anilines is 3. The SMILES string of the molecule is C[C@@H](/C=C/CCn1cc(CCO)nn1)[C@]1(O)C(=O)N(Cc2ccc(N3CCNCC3=O)cc2)c2ccc(N3CCNCC3=O)cc21. The summed E-state index contributed by atoms with van der Waals surface area (Å²) in [6.45, 7) is 5.62. The molecule has 2 fully saturated rings. The quantitative estimate of drug-likeness (QED) is 0.225. The van der Waals surface area contributed by atoms with Crippen molar-refractivity contribution < 1.29 is 24.6 Å². The lowest BCUT2D eigenvalue weighted by atomic mass is 9.82. The summed E-state index contributed by atoms with van der Waals surface area (Å²) >= 11 is 0. The molecule has 2 saturated heterocycles. The highest BCUT2D eigenvalue weighted by Crippen LogP contribution is 2.47. The maximum absolute atomic E-state index is 14.2. The van der Waals surface area contributed by atoms with Crippen LogP contribution < -0.4 is 25.3 Å². The van der Waals surface area contributed by atoms with Gasteiger partial charge in [0.2, 0.25) is 11.8 Å². The van der Waals surface area contributed by atoms with E-state index in [-0.39, 0.29) is 31.5 Å². The third-order valence-electron chi connectivity index (χ3n) is 8.89. The van der Waals surface area contributed by atoms with Gasteiger partial charge in [-0.2, -0.15) is 0 Å². The van der Waals surface area contributed by atoms with Gasteiger partial charge in [-0.05, 0) is 42.3 Å². The van der Waals surface area contributed by atoms with Crippen molar-refractivity contribution in [2.24, 2.45) is 5.92 Å². The standard InChI is InChI=1S/C33H40N8O5/c1-23(4-2-3-14-38-22-25(11-17-42)36-37-38)33(46)28-18-27(40-16-13-35-20-31(40)44)9-10-29(28)41(32(33)45)21-24-5-7-26(8-6-24)39-15-12-34-19-30(39)43/h2,4-10,18,22-23,34-35,42,46H,3,11-17,19-21H2,1H3/b4-2+/t23-,33+/m0/s1. The van der Waals surface area contributed by atoms with E-state index in [1.54, 1.807) is 31.6 Å². The van der Waals surface area contributed by atoms with E-state index in [9.17, 15) is 19.5 Å². The Kier molecular flexibility index (Phi) is 9.27. The number of piperazine rings is 2. The first-order valence-corrected chi connectivity index (χ1v) is 15.8. The molecule has 0 spiro atoms. The minimum absolute atomic E-state index is 0.00851. The van der Waals surface area contributed by atoms with Crippen LogP contribution in [0.1, 0.15) is 30.2 Å². The van der Waals surface area contributed by atoms with E-state index in [4.69, 9.17) is 5.11 Å². The molecule has 4 heterocycles. The van der Waals surface area contributed by atoms with Crippen molar-refractivity contribution in [3.63, 3.8) is 0 Å². The van der Waals surface area contributed by atoms with E-state index in [0.29, 0.717) is 68.2 Å². The van der Waals surface area contributed by atoms with Crippen LogP contribution in [0.2, 0.25) is 0 Å². The van der Waals surface area contributed by atoms with Crippen LogP contribution in [-0.4, -0.2) is 88.8 Å². The van der Waals surface area contributed by atoms with E-state index >= 15 is 0 Å². The maximum atomic E-state index is 14.2. The fourth-order valence-corrected chi connectivity index (χ4v) is 6.31. The maximum Gasteiger partial charge on any atom is 0.264 e. The van der Waals surface area contributed by atoms with Gasteiger partial charge >= 0.3 is 0 Å². The molecule has 3 aromatic rings. The molecular weight excluding hydrogens is 588 g/mol. The largest absolute Gasteiger partial charge is 0.396 e. The Morgan fingerprint density at radius 3 is 2.33 bits per heavy atom. The number of hydrogen-bond acceptors (Lipinski definition) is 9. The average Bonchev–Trinajstić information content (AvgIpc) is 3.60. The summed E-state index contributed by atoms with van der Waals surface area (Å²) in [4.78, 5) is 44.3. The number of fused-ring (bicyclic) bond motifs is 1. The second-order valence-electron chi connectivity index (χ2n) is 11.9. The number of nitrogens with one attached hydrogen (secondary N) is 2. The zero-order valence-electron chi connectivity index (χ0n) is 25.9. The van der Waals surface area contributed by atoms with Gasteiger partial charge in [0.15, 0.2) is 5.60 Å². The summed E-state index contributed by atoms with van der Waals surface area (Å²) in [6.07, 6.45) is 6.61. The molecular formula is C33H40N8O5. The highest BCUT2D eigenvalue weighted by Gasteiger charge is 2.52. The van der Waals surface area contributed by atoms with Crippen LogP contribution in [0, 0.1) is 5.92 Å². The Morgan fingerprint density at radius 1 is 0.978 bits per heavy atom. The van der Waals surface area contributed by atoms with Crippen molar-refractivity contribution in [3.05, 3.63) is 77.6 Å². The van der Waals surface area contributed by atoms with Crippen LogP contribution in [-0.2, 0) is 39.5 Å². The lowest BCUT2D eigenvalue weighted by Crippen LogP contribution is -2.48. The Balaban J connectivity index is 1.25. The average molecular weight is 629 g/mol. The Morgan fingerprint density at radius 2 is 1.65 bits per heavy atom. The van der Waals surface area contributed by atoms with Gasteiger partial charge in [0.25, 0.3) is 5.91 Å². The van der Waals surface area contributed by atoms with E-state index in [0.717, 1.165) is 17.8 Å². The lowest BCUT2D eigenvalue weighted by molar-refractivity contribution is -0.139. The third kappa shape index (κ3) is 6.18. The first kappa shape index (κ1) is 31.5. The number of aliphatic hydroxyl groups is 2. The van der Waals surface area contributed by atoms with Crippen molar-refractivity contribution in [1.29, 1.82) is 0 Å². The van der Waals surface area contributed by atoms with Crippen molar-refractivity contribution in [2.75, 3.05) is 60.6 Å². The predicted molar refractivity (Wildman–Crippen MR) is 172 cm³/mol. The highest BCUT2D eigenvalue weighted by molar-refractivity contribution is 6.08. The molecule has 3 amide bonds. The lowest BCUT2D eigenvalue weighted by Gasteiger charge is -2.30. The summed E-state index contributed by atoms with van der Waals surface area (Å²) in [5.41, 5.74) is 2.23. The Labute approximate surface area is 267 Å². The molecule has 0 aliphatic carbocycles. The van der Waals surface area contributed by atoms with E-state index < -0.39 is 17.4 Å². The van der Waals surface area contributed by atoms with E-state index in [1.807, 2.05) is 55.5 Å². The zero-order chi connectivity index (χ0) is 32.3. The first-order valence-electron chi connectivity index (χ1n) is 15.8. The van der Waals surface area contributed by atoms with Crippen LogP contribution in [0.3, 0.4) is 0 Å². The van der Waals surface area contributed by atoms with Gasteiger partial charge in [0, 0.05) is 74.8 Å². The van der Waals surface area contributed by atoms with Crippen molar-refractivity contribution >= 4 is 34.8 Å². The van der Waals surface area contributed by atoms with Gasteiger partial charge in [-0.15, -0.1) is 5.10 Å². The number of carbonyl (C=O) groups excluding carboxylic acids is 3. The molecule has 4 N–H and O–H groups in total. The smallest absolute Gasteiger partial charge is 0.264 e. The first-order chi connectivity index (χ1) is 22.3. The van der Waals surface area contributed by atoms with Crippen LogP contribution >= 0.6 is 0 Å². The molecule has 2 aromatic carbocycles. The molecule has 13 heteroatoms. The van der Waals surface area contributed by atoms with Crippen molar-refractivity contribution in [3.8, 4) is 0 Å². The molecule has 3 aliphatic heterocycles. The second-order valence-corrected chi connectivity index (χ2v) is 11.9. The predicted octanol–water partition coefficient (Wildman–Crippen LogP) is 0.702. The summed E-state index contributed by atoms with van der Waals surface area (Å²) in [5.74, 6) is -1.07. The number of nitrogens with zero attached hydrogens (tertiary/aromatic N) is 6. The van der Waals surface area contributed by atoms with Gasteiger partial charge in [0.1, 0.15) is 0 Å². The number of amides is 3. The van der Waals surface area contributed by atoms with Crippen molar-refractivity contribution in [1.82, 2.24) is 25.6 Å². The van der Waals surface area contributed by atoms with Crippen LogP contribution in [0.4, 0.5) is 17.1 Å². The molecule has 0 unspecified atom stereocenters. The third-order valence-corrected chi connectivity index (χ3v) is 8.89. The number of carbonyl (C=O) groups is 3. The molecule has 46 heavy (non-hydrogen) atoms. The fourth-order valence-electron chi connectivity index (χ4n) is 6.31. The Hall–Kier alpha value is -4.43. The molecule has 0 radical (unpaired) electrons. The summed E-state index contributed by atoms with van der Waals surface area (Å²) in [5, 5.41) is 35.7. The summed E-state index contributed by atoms with van der Waals surface area (Å²) in [7, 11) is 0. The molecule has 2 atom stereocenters. The normalized spacial score (nSPS) is 21.0. The molecule has 13 nitrogen and oxygen atoms in total. The summed E-state index contributed by atoms with van der Waals surface area (Å²) < 4.78 is 1.70. The zero-order valence-corrected chi connectivity index (χ0v) is 25.9. The molecule has 0 bridgehead atoms. The number of allylic oxidation sites excluding steroid dienone is 1. The van der Waals surface area contributed by atoms with Gasteiger partial charge in [-0.25, -0.2) is 0 Å².